The minimum Gasteiger partial charge on any atom is -0.304 e. The molecule has 126 valence electrons. The average Bonchev–Trinajstić information content (AvgIpc) is 2.63. The second-order valence-electron chi connectivity index (χ2n) is 6.33. The van der Waals surface area contributed by atoms with Gasteiger partial charge in [0.2, 0.25) is 0 Å². The van der Waals surface area contributed by atoms with Gasteiger partial charge in [-0.2, -0.15) is 0 Å². The van der Waals surface area contributed by atoms with E-state index in [0.717, 1.165) is 33.6 Å². The van der Waals surface area contributed by atoms with Crippen molar-refractivity contribution in [1.29, 1.82) is 5.41 Å². The van der Waals surface area contributed by atoms with Crippen molar-refractivity contribution in [3.05, 3.63) is 101 Å². The first-order valence-corrected chi connectivity index (χ1v) is 9.07. The first kappa shape index (κ1) is 17.5. The van der Waals surface area contributed by atoms with E-state index in [1.807, 2.05) is 36.4 Å². The number of hydrogen-bond acceptors (Lipinski definition) is 2. The monoisotopic (exact) mass is 345 g/mol. The molecule has 3 aromatic rings. The first-order chi connectivity index (χ1) is 12.1. The summed E-state index contributed by atoms with van der Waals surface area (Å²) >= 11 is 4.71. The quantitative estimate of drug-likeness (QED) is 0.416. The first-order valence-electron chi connectivity index (χ1n) is 8.63. The van der Waals surface area contributed by atoms with Gasteiger partial charge in [0.05, 0.1) is 11.6 Å². The third-order valence-electron chi connectivity index (χ3n) is 4.61. The molecule has 0 atom stereocenters. The minimum atomic E-state index is -0.0977. The van der Waals surface area contributed by atoms with Crippen LogP contribution in [0.2, 0.25) is 0 Å². The van der Waals surface area contributed by atoms with Crippen molar-refractivity contribution in [2.24, 2.45) is 0 Å². The fraction of sp³-hybridized carbons (Fsp3) is 0.174. The van der Waals surface area contributed by atoms with Crippen LogP contribution in [0.5, 0.6) is 0 Å². The highest BCUT2D eigenvalue weighted by Crippen LogP contribution is 2.32. The lowest BCUT2D eigenvalue weighted by molar-refractivity contribution is 1.04. The number of aryl methyl sites for hydroxylation is 2. The lowest BCUT2D eigenvalue weighted by atomic mass is 9.83. The van der Waals surface area contributed by atoms with Crippen molar-refractivity contribution in [1.82, 2.24) is 0 Å². The fourth-order valence-corrected chi connectivity index (χ4v) is 3.82. The smallest absolute Gasteiger partial charge is 0.0518 e. The summed E-state index contributed by atoms with van der Waals surface area (Å²) in [6, 6.07) is 24.8. The zero-order chi connectivity index (χ0) is 17.8. The van der Waals surface area contributed by atoms with Gasteiger partial charge in [-0.25, -0.2) is 0 Å². The Morgan fingerprint density at radius 1 is 0.920 bits per heavy atom. The average molecular weight is 346 g/mol. The Hall–Kier alpha value is -2.32. The standard InChI is InChI=1S/C23H23NS/c1-3-17-14-16(2)21(20(25)15-17)23(24)22(18-10-6-4-7-11-18)19-12-8-5-9-13-19/h4-15,22,24-25H,3H2,1-2H3. The Morgan fingerprint density at radius 2 is 1.44 bits per heavy atom. The van der Waals surface area contributed by atoms with Gasteiger partial charge in [-0.1, -0.05) is 73.7 Å². The Labute approximate surface area is 155 Å². The normalized spacial score (nSPS) is 10.9. The second-order valence-corrected chi connectivity index (χ2v) is 6.81. The molecule has 0 amide bonds. The molecule has 3 rings (SSSR count). The van der Waals surface area contributed by atoms with Crippen molar-refractivity contribution in [3.63, 3.8) is 0 Å². The molecule has 0 bridgehead atoms. The van der Waals surface area contributed by atoms with Gasteiger partial charge in [0, 0.05) is 10.5 Å². The van der Waals surface area contributed by atoms with Crippen molar-refractivity contribution in [2.75, 3.05) is 0 Å². The van der Waals surface area contributed by atoms with Crippen LogP contribution in [0.4, 0.5) is 0 Å². The van der Waals surface area contributed by atoms with Crippen molar-refractivity contribution < 1.29 is 0 Å². The summed E-state index contributed by atoms with van der Waals surface area (Å²) in [5.41, 5.74) is 6.18. The third kappa shape index (κ3) is 3.69. The van der Waals surface area contributed by atoms with Crippen LogP contribution in [-0.4, -0.2) is 5.71 Å². The number of nitrogens with one attached hydrogen (secondary N) is 1. The maximum absolute atomic E-state index is 9.02. The topological polar surface area (TPSA) is 23.9 Å². The Kier molecular flexibility index (Phi) is 5.40. The van der Waals surface area contributed by atoms with E-state index < -0.39 is 0 Å². The molecule has 1 N–H and O–H groups in total. The maximum atomic E-state index is 9.02. The zero-order valence-electron chi connectivity index (χ0n) is 14.7. The lowest BCUT2D eigenvalue weighted by Crippen LogP contribution is -2.16. The van der Waals surface area contributed by atoms with Gasteiger partial charge in [-0.3, -0.25) is 0 Å². The molecule has 0 fully saturated rings. The third-order valence-corrected chi connectivity index (χ3v) is 4.96. The van der Waals surface area contributed by atoms with E-state index in [1.54, 1.807) is 0 Å². The Morgan fingerprint density at radius 3 is 1.88 bits per heavy atom. The van der Waals surface area contributed by atoms with E-state index in [4.69, 9.17) is 18.0 Å². The van der Waals surface area contributed by atoms with E-state index in [-0.39, 0.29) is 5.92 Å². The van der Waals surface area contributed by atoms with Gasteiger partial charge in [-0.15, -0.1) is 12.6 Å². The van der Waals surface area contributed by atoms with Gasteiger partial charge in [0.1, 0.15) is 0 Å². The molecule has 0 saturated carbocycles. The predicted octanol–water partition coefficient (Wildman–Crippen LogP) is 6.05. The highest BCUT2D eigenvalue weighted by atomic mass is 32.1. The minimum absolute atomic E-state index is 0.0977. The van der Waals surface area contributed by atoms with Gasteiger partial charge in [0.15, 0.2) is 0 Å². The molecule has 0 aromatic heterocycles. The van der Waals surface area contributed by atoms with Gasteiger partial charge < -0.3 is 5.41 Å². The van der Waals surface area contributed by atoms with E-state index in [0.29, 0.717) is 5.71 Å². The van der Waals surface area contributed by atoms with Crippen molar-refractivity contribution in [3.8, 4) is 0 Å². The highest BCUT2D eigenvalue weighted by Gasteiger charge is 2.23. The maximum Gasteiger partial charge on any atom is 0.0518 e. The second kappa shape index (κ2) is 7.71. The van der Waals surface area contributed by atoms with Crippen molar-refractivity contribution in [2.45, 2.75) is 31.1 Å². The zero-order valence-corrected chi connectivity index (χ0v) is 15.6. The molecule has 2 heteroatoms. The molecule has 0 spiro atoms. The van der Waals surface area contributed by atoms with E-state index in [2.05, 4.69) is 50.2 Å². The fourth-order valence-electron chi connectivity index (χ4n) is 3.36. The van der Waals surface area contributed by atoms with Crippen LogP contribution in [0.1, 0.15) is 40.7 Å². The summed E-state index contributed by atoms with van der Waals surface area (Å²) in [5.74, 6) is -0.0977. The summed E-state index contributed by atoms with van der Waals surface area (Å²) in [6.07, 6.45) is 0.975. The molecule has 0 aliphatic carbocycles. The number of hydrogen-bond donors (Lipinski definition) is 2. The van der Waals surface area contributed by atoms with Crippen LogP contribution < -0.4 is 0 Å². The Balaban J connectivity index is 2.13. The van der Waals surface area contributed by atoms with Crippen LogP contribution in [0.25, 0.3) is 0 Å². The molecule has 1 nitrogen and oxygen atoms in total. The van der Waals surface area contributed by atoms with Crippen LogP contribution >= 0.6 is 12.6 Å². The number of benzene rings is 3. The van der Waals surface area contributed by atoms with Gasteiger partial charge >= 0.3 is 0 Å². The van der Waals surface area contributed by atoms with Crippen LogP contribution in [0, 0.1) is 12.3 Å². The van der Waals surface area contributed by atoms with E-state index >= 15 is 0 Å². The predicted molar refractivity (Wildman–Crippen MR) is 109 cm³/mol. The molecule has 3 aromatic carbocycles. The highest BCUT2D eigenvalue weighted by molar-refractivity contribution is 7.80. The molecular weight excluding hydrogens is 322 g/mol. The van der Waals surface area contributed by atoms with Crippen molar-refractivity contribution >= 4 is 18.3 Å². The largest absolute Gasteiger partial charge is 0.304 e. The van der Waals surface area contributed by atoms with Gasteiger partial charge in [0.25, 0.3) is 0 Å². The number of thiol groups is 1. The molecule has 0 saturated heterocycles. The summed E-state index contributed by atoms with van der Waals surface area (Å²) in [6.45, 7) is 4.22. The van der Waals surface area contributed by atoms with Crippen LogP contribution in [0.3, 0.4) is 0 Å². The molecule has 0 aliphatic rings. The van der Waals surface area contributed by atoms with Crippen LogP contribution in [0.15, 0.2) is 77.7 Å². The molecule has 25 heavy (non-hydrogen) atoms. The molecule has 0 aliphatic heterocycles. The Bertz CT molecular complexity index is 807. The summed E-state index contributed by atoms with van der Waals surface area (Å²) in [5, 5.41) is 9.02. The lowest BCUT2D eigenvalue weighted by Gasteiger charge is -2.22. The molecule has 0 heterocycles. The molecular formula is C23H23NS. The van der Waals surface area contributed by atoms with E-state index in [9.17, 15) is 0 Å². The summed E-state index contributed by atoms with van der Waals surface area (Å²) < 4.78 is 0. The molecule has 0 radical (unpaired) electrons. The van der Waals surface area contributed by atoms with Crippen LogP contribution in [-0.2, 0) is 6.42 Å². The molecule has 0 unspecified atom stereocenters. The SMILES string of the molecule is CCc1cc(C)c(C(=N)C(c2ccccc2)c2ccccc2)c(S)c1. The number of rotatable bonds is 5. The van der Waals surface area contributed by atoms with E-state index in [1.165, 1.54) is 5.56 Å². The summed E-state index contributed by atoms with van der Waals surface area (Å²) in [7, 11) is 0. The summed E-state index contributed by atoms with van der Waals surface area (Å²) in [4.78, 5) is 0.888. The van der Waals surface area contributed by atoms with Gasteiger partial charge in [-0.05, 0) is 41.7 Å².